The number of rotatable bonds is 3. The summed E-state index contributed by atoms with van der Waals surface area (Å²) >= 11 is 5.63. The summed E-state index contributed by atoms with van der Waals surface area (Å²) < 4.78 is 2.64. The number of hydrogen-bond acceptors (Lipinski definition) is 3. The van der Waals surface area contributed by atoms with Gasteiger partial charge < -0.3 is 9.88 Å². The Hall–Kier alpha value is -2.71. The number of amides is 1. The van der Waals surface area contributed by atoms with Crippen molar-refractivity contribution in [2.75, 3.05) is 0 Å². The normalized spacial score (nSPS) is 17.4. The Morgan fingerprint density at radius 2 is 1.96 bits per heavy atom. The Bertz CT molecular complexity index is 935. The molecule has 2 aromatic rings. The molecule has 4 nitrogen and oxygen atoms in total. The second-order valence-corrected chi connectivity index (χ2v) is 6.72. The zero-order chi connectivity index (χ0) is 18.0. The van der Waals surface area contributed by atoms with E-state index in [0.717, 1.165) is 16.7 Å². The van der Waals surface area contributed by atoms with Crippen LogP contribution in [0.25, 0.3) is 5.57 Å². The molecule has 1 unspecified atom stereocenters. The maximum Gasteiger partial charge on any atom is 0.262 e. The molecule has 0 aliphatic carbocycles. The van der Waals surface area contributed by atoms with Crippen molar-refractivity contribution < 1.29 is 4.79 Å². The molecule has 0 radical (unpaired) electrons. The van der Waals surface area contributed by atoms with E-state index < -0.39 is 0 Å². The SMILES string of the molecule is CC(C)n1cccc(C2=C(C#N)C(=O)NC(c3ccccc3)C2)c1=S. The van der Waals surface area contributed by atoms with Crippen LogP contribution >= 0.6 is 12.2 Å². The highest BCUT2D eigenvalue weighted by atomic mass is 32.1. The van der Waals surface area contributed by atoms with Crippen LogP contribution in [0.15, 0.2) is 54.2 Å². The van der Waals surface area contributed by atoms with Gasteiger partial charge in [0.25, 0.3) is 5.91 Å². The molecule has 0 fully saturated rings. The highest BCUT2D eigenvalue weighted by Gasteiger charge is 2.29. The van der Waals surface area contributed by atoms with Gasteiger partial charge in [0.2, 0.25) is 0 Å². The Kier molecular flexibility index (Phi) is 4.82. The van der Waals surface area contributed by atoms with Crippen LogP contribution < -0.4 is 5.32 Å². The van der Waals surface area contributed by atoms with E-state index in [2.05, 4.69) is 25.2 Å². The van der Waals surface area contributed by atoms with E-state index in [0.29, 0.717) is 11.1 Å². The molecule has 0 spiro atoms. The molecule has 0 saturated carbocycles. The van der Waals surface area contributed by atoms with Gasteiger partial charge in [-0.3, -0.25) is 4.79 Å². The molecule has 0 bridgehead atoms. The van der Waals surface area contributed by atoms with Gasteiger partial charge in [0.05, 0.1) is 6.04 Å². The molecule has 1 aromatic heterocycles. The van der Waals surface area contributed by atoms with Gasteiger partial charge in [-0.15, -0.1) is 0 Å². The third-order valence-corrected chi connectivity index (χ3v) is 4.84. The molecule has 5 heteroatoms. The van der Waals surface area contributed by atoms with E-state index in [9.17, 15) is 10.1 Å². The quantitative estimate of drug-likeness (QED) is 0.839. The fraction of sp³-hybridized carbons (Fsp3) is 0.250. The lowest BCUT2D eigenvalue weighted by Crippen LogP contribution is -2.34. The topological polar surface area (TPSA) is 57.8 Å². The van der Waals surface area contributed by atoms with Gasteiger partial charge in [-0.05, 0) is 37.5 Å². The summed E-state index contributed by atoms with van der Waals surface area (Å²) in [5, 5.41) is 12.4. The van der Waals surface area contributed by atoms with Crippen molar-refractivity contribution in [2.45, 2.75) is 32.4 Å². The first kappa shape index (κ1) is 17.1. The number of carbonyl (C=O) groups is 1. The minimum atomic E-state index is -0.341. The van der Waals surface area contributed by atoms with Gasteiger partial charge in [0.15, 0.2) is 0 Å². The van der Waals surface area contributed by atoms with Crippen LogP contribution in [0.3, 0.4) is 0 Å². The molecular formula is C20H19N3OS. The van der Waals surface area contributed by atoms with Gasteiger partial charge in [-0.25, -0.2) is 0 Å². The summed E-state index contributed by atoms with van der Waals surface area (Å²) in [6, 6.07) is 15.7. The lowest BCUT2D eigenvalue weighted by atomic mass is 9.88. The molecular weight excluding hydrogens is 330 g/mol. The average molecular weight is 349 g/mol. The van der Waals surface area contributed by atoms with Crippen molar-refractivity contribution in [2.24, 2.45) is 0 Å². The summed E-state index contributed by atoms with van der Waals surface area (Å²) in [4.78, 5) is 12.5. The van der Waals surface area contributed by atoms with E-state index >= 15 is 0 Å². The Morgan fingerprint density at radius 1 is 1.24 bits per heavy atom. The standard InChI is InChI=1S/C20H19N3OS/c1-13(2)23-10-6-9-15(20(23)25)16-11-18(14-7-4-3-5-8-14)22-19(24)17(16)12-21/h3-10,13,18H,11H2,1-2H3,(H,22,24). The molecule has 3 rings (SSSR count). The second kappa shape index (κ2) is 7.04. The van der Waals surface area contributed by atoms with Crippen molar-refractivity contribution in [1.29, 1.82) is 5.26 Å². The van der Waals surface area contributed by atoms with Crippen molar-refractivity contribution >= 4 is 23.7 Å². The first-order valence-corrected chi connectivity index (χ1v) is 8.64. The highest BCUT2D eigenvalue weighted by Crippen LogP contribution is 2.34. The molecule has 1 amide bonds. The third-order valence-electron chi connectivity index (χ3n) is 4.41. The number of pyridine rings is 1. The molecule has 0 saturated heterocycles. The van der Waals surface area contributed by atoms with Gasteiger partial charge in [0.1, 0.15) is 16.3 Å². The molecule has 1 atom stereocenters. The van der Waals surface area contributed by atoms with E-state index in [1.807, 2.05) is 53.2 Å². The zero-order valence-corrected chi connectivity index (χ0v) is 15.0. The summed E-state index contributed by atoms with van der Waals surface area (Å²) in [5.74, 6) is -0.341. The molecule has 1 aliphatic heterocycles. The van der Waals surface area contributed by atoms with E-state index in [1.54, 1.807) is 0 Å². The van der Waals surface area contributed by atoms with Crippen LogP contribution in [-0.4, -0.2) is 10.5 Å². The predicted octanol–water partition coefficient (Wildman–Crippen LogP) is 4.34. The first-order valence-electron chi connectivity index (χ1n) is 8.23. The Balaban J connectivity index is 2.12. The maximum absolute atomic E-state index is 12.5. The van der Waals surface area contributed by atoms with Crippen LogP contribution in [0, 0.1) is 16.0 Å². The zero-order valence-electron chi connectivity index (χ0n) is 14.2. The van der Waals surface area contributed by atoms with Crippen molar-refractivity contribution in [3.8, 4) is 6.07 Å². The Morgan fingerprint density at radius 3 is 2.60 bits per heavy atom. The van der Waals surface area contributed by atoms with E-state index in [1.165, 1.54) is 0 Å². The predicted molar refractivity (Wildman–Crippen MR) is 100 cm³/mol. The molecule has 1 N–H and O–H groups in total. The van der Waals surface area contributed by atoms with Crippen LogP contribution in [-0.2, 0) is 4.79 Å². The van der Waals surface area contributed by atoms with Gasteiger partial charge >= 0.3 is 0 Å². The van der Waals surface area contributed by atoms with Gasteiger partial charge in [0, 0.05) is 17.8 Å². The van der Waals surface area contributed by atoms with Crippen LogP contribution in [0.2, 0.25) is 0 Å². The first-order chi connectivity index (χ1) is 12.0. The lowest BCUT2D eigenvalue weighted by molar-refractivity contribution is -0.118. The molecule has 2 heterocycles. The number of hydrogen-bond donors (Lipinski definition) is 1. The fourth-order valence-corrected chi connectivity index (χ4v) is 3.58. The second-order valence-electron chi connectivity index (χ2n) is 6.33. The van der Waals surface area contributed by atoms with Gasteiger partial charge in [-0.1, -0.05) is 48.6 Å². The van der Waals surface area contributed by atoms with Gasteiger partial charge in [-0.2, -0.15) is 5.26 Å². The minimum absolute atomic E-state index is 0.153. The van der Waals surface area contributed by atoms with Crippen molar-refractivity contribution in [3.63, 3.8) is 0 Å². The van der Waals surface area contributed by atoms with E-state index in [-0.39, 0.29) is 23.6 Å². The lowest BCUT2D eigenvalue weighted by Gasteiger charge is -2.27. The number of nitrogens with zero attached hydrogens (tertiary/aromatic N) is 2. The van der Waals surface area contributed by atoms with Crippen molar-refractivity contribution in [3.05, 3.63) is 70.0 Å². The Labute approximate surface area is 152 Å². The maximum atomic E-state index is 12.5. The largest absolute Gasteiger partial charge is 0.344 e. The summed E-state index contributed by atoms with van der Waals surface area (Å²) in [5.41, 5.74) is 2.68. The van der Waals surface area contributed by atoms with Crippen molar-refractivity contribution in [1.82, 2.24) is 9.88 Å². The molecule has 1 aromatic carbocycles. The van der Waals surface area contributed by atoms with Crippen LogP contribution in [0.4, 0.5) is 0 Å². The fourth-order valence-electron chi connectivity index (χ4n) is 3.12. The number of aromatic nitrogens is 1. The molecule has 25 heavy (non-hydrogen) atoms. The van der Waals surface area contributed by atoms with Crippen LogP contribution in [0.1, 0.15) is 43.5 Å². The smallest absolute Gasteiger partial charge is 0.262 e. The summed E-state index contributed by atoms with van der Waals surface area (Å²) in [6.45, 7) is 4.11. The third kappa shape index (κ3) is 3.26. The number of carbonyl (C=O) groups excluding carboxylic acids is 1. The summed E-state index contributed by atoms with van der Waals surface area (Å²) in [6.07, 6.45) is 2.48. The highest BCUT2D eigenvalue weighted by molar-refractivity contribution is 7.71. The average Bonchev–Trinajstić information content (AvgIpc) is 2.61. The van der Waals surface area contributed by atoms with E-state index in [4.69, 9.17) is 12.2 Å². The number of benzene rings is 1. The number of nitrogens with one attached hydrogen (secondary N) is 1. The minimum Gasteiger partial charge on any atom is -0.344 e. The molecule has 1 aliphatic rings. The summed E-state index contributed by atoms with van der Waals surface area (Å²) in [7, 11) is 0. The van der Waals surface area contributed by atoms with Crippen LogP contribution in [0.5, 0.6) is 0 Å². The number of nitriles is 1. The monoisotopic (exact) mass is 349 g/mol. The molecule has 126 valence electrons.